The van der Waals surface area contributed by atoms with Gasteiger partial charge in [-0.05, 0) is 11.6 Å². The molecule has 0 saturated heterocycles. The minimum Gasteiger partial charge on any atom is -0.545 e. The Labute approximate surface area is 153 Å². The minimum absolute atomic E-state index is 0.312. The van der Waals surface area contributed by atoms with E-state index in [1.165, 1.54) is 6.33 Å². The number of benzene rings is 1. The van der Waals surface area contributed by atoms with Crippen molar-refractivity contribution >= 4 is 39.2 Å². The van der Waals surface area contributed by atoms with Crippen molar-refractivity contribution in [3.05, 3.63) is 54.2 Å². The molecule has 2 N–H and O–H groups in total. The molecule has 26 heavy (non-hydrogen) atoms. The fourth-order valence-corrected chi connectivity index (χ4v) is 3.32. The Morgan fingerprint density at radius 3 is 2.69 bits per heavy atom. The molecule has 0 spiro atoms. The summed E-state index contributed by atoms with van der Waals surface area (Å²) in [5.41, 5.74) is 2.13. The Morgan fingerprint density at radius 2 is 1.92 bits per heavy atom. The van der Waals surface area contributed by atoms with Crippen molar-refractivity contribution in [2.45, 2.75) is 0 Å². The molecule has 3 aromatic rings. The second-order valence-electron chi connectivity index (χ2n) is 5.29. The predicted molar refractivity (Wildman–Crippen MR) is 98.5 cm³/mol. The number of rotatable bonds is 7. The van der Waals surface area contributed by atoms with E-state index in [1.54, 1.807) is 11.3 Å². The maximum absolute atomic E-state index is 11.4. The average Bonchev–Trinajstić information content (AvgIpc) is 3.09. The highest BCUT2D eigenvalue weighted by atomic mass is 32.1. The number of hydrogen-bond donors (Lipinski definition) is 2. The van der Waals surface area contributed by atoms with Crippen molar-refractivity contribution < 1.29 is 14.7 Å². The van der Waals surface area contributed by atoms with E-state index in [9.17, 15) is 14.7 Å². The molecule has 2 heterocycles. The lowest BCUT2D eigenvalue weighted by molar-refractivity contribution is -0.297. The van der Waals surface area contributed by atoms with Gasteiger partial charge in [-0.2, -0.15) is 0 Å². The van der Waals surface area contributed by atoms with Gasteiger partial charge in [0.25, 0.3) is 0 Å². The Bertz CT molecular complexity index is 953. The first-order chi connectivity index (χ1) is 12.6. The van der Waals surface area contributed by atoms with Gasteiger partial charge in [0.1, 0.15) is 17.0 Å². The summed E-state index contributed by atoms with van der Waals surface area (Å²) >= 11 is 1.54. The van der Waals surface area contributed by atoms with Crippen LogP contribution in [0.5, 0.6) is 0 Å². The van der Waals surface area contributed by atoms with E-state index in [4.69, 9.17) is 0 Å². The van der Waals surface area contributed by atoms with Crippen molar-refractivity contribution in [1.29, 1.82) is 0 Å². The lowest BCUT2D eigenvalue weighted by atomic mass is 10.1. The van der Waals surface area contributed by atoms with Crippen LogP contribution in [-0.2, 0) is 9.59 Å². The number of carbonyl (C=O) groups excluding carboxylic acids is 2. The molecule has 132 valence electrons. The van der Waals surface area contributed by atoms with Crippen molar-refractivity contribution in [2.75, 3.05) is 18.4 Å². The maximum atomic E-state index is 11.4. The number of anilines is 1. The van der Waals surface area contributed by atoms with Gasteiger partial charge in [-0.1, -0.05) is 30.3 Å². The standard InChI is InChI=1S/C18H16N4O3S/c23-14(6-7-15(24)25)19-8-9-20-17-16-13(12-4-2-1-3-5-12)10-26-18(16)22-11-21-17/h1-7,10-11H,8-9H2,(H,19,23)(H,24,25)(H,20,21,22)/p-1/b7-6+. The molecule has 0 aliphatic carbocycles. The van der Waals surface area contributed by atoms with E-state index >= 15 is 0 Å². The van der Waals surface area contributed by atoms with E-state index < -0.39 is 11.9 Å². The molecular formula is C18H15N4O3S-. The topological polar surface area (TPSA) is 107 Å². The van der Waals surface area contributed by atoms with Crippen LogP contribution in [0.4, 0.5) is 5.82 Å². The zero-order valence-electron chi connectivity index (χ0n) is 13.6. The van der Waals surface area contributed by atoms with Crippen LogP contribution in [0.25, 0.3) is 21.3 Å². The summed E-state index contributed by atoms with van der Waals surface area (Å²) in [5.74, 6) is -1.22. The Balaban J connectivity index is 1.70. The van der Waals surface area contributed by atoms with Crippen LogP contribution in [0.15, 0.2) is 54.2 Å². The van der Waals surface area contributed by atoms with Gasteiger partial charge in [0, 0.05) is 30.1 Å². The lowest BCUT2D eigenvalue weighted by Gasteiger charge is -2.09. The molecule has 0 aliphatic heterocycles. The number of thiophene rings is 1. The van der Waals surface area contributed by atoms with Gasteiger partial charge in [0.15, 0.2) is 0 Å². The highest BCUT2D eigenvalue weighted by Crippen LogP contribution is 2.36. The smallest absolute Gasteiger partial charge is 0.244 e. The Morgan fingerprint density at radius 1 is 1.12 bits per heavy atom. The normalized spacial score (nSPS) is 10.9. The zero-order chi connectivity index (χ0) is 18.4. The van der Waals surface area contributed by atoms with Gasteiger partial charge < -0.3 is 20.5 Å². The number of hydrogen-bond acceptors (Lipinski definition) is 7. The average molecular weight is 367 g/mol. The van der Waals surface area contributed by atoms with Crippen LogP contribution in [0.1, 0.15) is 0 Å². The van der Waals surface area contributed by atoms with Crippen LogP contribution in [0.2, 0.25) is 0 Å². The first-order valence-electron chi connectivity index (χ1n) is 7.83. The van der Waals surface area contributed by atoms with Gasteiger partial charge in [0.2, 0.25) is 5.91 Å². The van der Waals surface area contributed by atoms with Gasteiger partial charge in [0.05, 0.1) is 11.4 Å². The number of aromatic nitrogens is 2. The number of carboxylic acid groups (broad SMARTS) is 1. The van der Waals surface area contributed by atoms with Crippen LogP contribution in [0, 0.1) is 0 Å². The molecule has 0 atom stereocenters. The number of carboxylic acids is 1. The molecule has 1 amide bonds. The Kier molecular flexibility index (Phi) is 5.55. The summed E-state index contributed by atoms with van der Waals surface area (Å²) in [4.78, 5) is 31.2. The molecular weight excluding hydrogens is 352 g/mol. The number of nitrogens with one attached hydrogen (secondary N) is 2. The molecule has 0 bridgehead atoms. The van der Waals surface area contributed by atoms with Crippen molar-refractivity contribution in [2.24, 2.45) is 0 Å². The van der Waals surface area contributed by atoms with E-state index in [2.05, 4.69) is 20.6 Å². The molecule has 0 saturated carbocycles. The van der Waals surface area contributed by atoms with Gasteiger partial charge >= 0.3 is 0 Å². The second-order valence-corrected chi connectivity index (χ2v) is 6.15. The Hall–Kier alpha value is -3.26. The summed E-state index contributed by atoms with van der Waals surface area (Å²) in [5, 5.41) is 19.0. The number of carbonyl (C=O) groups is 2. The largest absolute Gasteiger partial charge is 0.545 e. The fraction of sp³-hybridized carbons (Fsp3) is 0.111. The first-order valence-corrected chi connectivity index (χ1v) is 8.71. The molecule has 1 aromatic carbocycles. The predicted octanol–water partition coefficient (Wildman–Crippen LogP) is 1.19. The van der Waals surface area contributed by atoms with Crippen molar-refractivity contribution in [3.8, 4) is 11.1 Å². The fourth-order valence-electron chi connectivity index (χ4n) is 2.41. The quantitative estimate of drug-likeness (QED) is 0.480. The van der Waals surface area contributed by atoms with Crippen LogP contribution in [0.3, 0.4) is 0 Å². The monoisotopic (exact) mass is 367 g/mol. The van der Waals surface area contributed by atoms with Crippen molar-refractivity contribution in [3.63, 3.8) is 0 Å². The highest BCUT2D eigenvalue weighted by Gasteiger charge is 2.12. The summed E-state index contributed by atoms with van der Waals surface area (Å²) < 4.78 is 0. The number of fused-ring (bicyclic) bond motifs is 1. The summed E-state index contributed by atoms with van der Waals surface area (Å²) in [7, 11) is 0. The van der Waals surface area contributed by atoms with Crippen LogP contribution < -0.4 is 15.7 Å². The molecule has 0 fully saturated rings. The van der Waals surface area contributed by atoms with Gasteiger partial charge in [-0.15, -0.1) is 11.3 Å². The summed E-state index contributed by atoms with van der Waals surface area (Å²) in [6.45, 7) is 0.744. The highest BCUT2D eigenvalue weighted by molar-refractivity contribution is 7.17. The third kappa shape index (κ3) is 4.22. The lowest BCUT2D eigenvalue weighted by Crippen LogP contribution is -2.28. The number of aliphatic carboxylic acids is 1. The summed E-state index contributed by atoms with van der Waals surface area (Å²) in [6.07, 6.45) is 3.11. The maximum Gasteiger partial charge on any atom is 0.244 e. The number of amides is 1. The third-order valence-corrected chi connectivity index (χ3v) is 4.43. The minimum atomic E-state index is -1.41. The SMILES string of the molecule is O=C([O-])/C=C/C(=O)NCCNc1ncnc2scc(-c3ccccc3)c12. The van der Waals surface area contributed by atoms with Crippen LogP contribution >= 0.6 is 11.3 Å². The molecule has 8 heteroatoms. The first kappa shape index (κ1) is 17.6. The molecule has 0 radical (unpaired) electrons. The van der Waals surface area contributed by atoms with E-state index in [-0.39, 0.29) is 0 Å². The van der Waals surface area contributed by atoms with E-state index in [0.717, 1.165) is 27.4 Å². The molecule has 7 nitrogen and oxygen atoms in total. The van der Waals surface area contributed by atoms with E-state index in [1.807, 2.05) is 35.7 Å². The number of nitrogens with zero attached hydrogens (tertiary/aromatic N) is 2. The van der Waals surface area contributed by atoms with Crippen LogP contribution in [-0.4, -0.2) is 34.9 Å². The molecule has 3 rings (SSSR count). The molecule has 0 aliphatic rings. The van der Waals surface area contributed by atoms with Gasteiger partial charge in [-0.25, -0.2) is 9.97 Å². The molecule has 0 unspecified atom stereocenters. The summed E-state index contributed by atoms with van der Waals surface area (Å²) in [6, 6.07) is 9.98. The third-order valence-electron chi connectivity index (χ3n) is 3.54. The van der Waals surface area contributed by atoms with Gasteiger partial charge in [-0.3, -0.25) is 4.79 Å². The van der Waals surface area contributed by atoms with E-state index in [0.29, 0.717) is 25.0 Å². The zero-order valence-corrected chi connectivity index (χ0v) is 14.5. The molecule has 2 aromatic heterocycles. The second kappa shape index (κ2) is 8.21. The van der Waals surface area contributed by atoms with Crippen molar-refractivity contribution in [1.82, 2.24) is 15.3 Å².